The molecule has 1 aliphatic rings. The van der Waals surface area contributed by atoms with Gasteiger partial charge in [-0.1, -0.05) is 11.6 Å². The third kappa shape index (κ3) is 2.92. The maximum absolute atomic E-state index is 12.7. The van der Waals surface area contributed by atoms with Crippen molar-refractivity contribution < 1.29 is 22.8 Å². The second-order valence-corrected chi connectivity index (χ2v) is 5.28. The highest BCUT2D eigenvalue weighted by molar-refractivity contribution is 6.29. The Morgan fingerprint density at radius 1 is 1.33 bits per heavy atom. The molecule has 0 unspecified atom stereocenters. The van der Waals surface area contributed by atoms with Gasteiger partial charge in [0.25, 0.3) is 5.91 Å². The molecule has 0 bridgehead atoms. The van der Waals surface area contributed by atoms with Gasteiger partial charge in [-0.05, 0) is 13.8 Å². The van der Waals surface area contributed by atoms with Crippen molar-refractivity contribution in [1.82, 2.24) is 15.3 Å². The van der Waals surface area contributed by atoms with E-state index in [0.29, 0.717) is 0 Å². The van der Waals surface area contributed by atoms with Crippen molar-refractivity contribution in [3.05, 3.63) is 17.0 Å². The van der Waals surface area contributed by atoms with E-state index in [0.717, 1.165) is 11.0 Å². The van der Waals surface area contributed by atoms with Crippen LogP contribution in [0.2, 0.25) is 5.15 Å². The van der Waals surface area contributed by atoms with Gasteiger partial charge in [0.2, 0.25) is 11.7 Å². The normalized spacial score (nSPS) is 18.7. The summed E-state index contributed by atoms with van der Waals surface area (Å²) in [5, 5.41) is 1.68. The average molecular weight is 323 g/mol. The number of carbonyl (C=O) groups is 2. The number of nitrogens with zero attached hydrogens (tertiary/aromatic N) is 3. The maximum Gasteiger partial charge on any atom is 0.451 e. The van der Waals surface area contributed by atoms with Crippen LogP contribution in [0.5, 0.6) is 0 Å². The van der Waals surface area contributed by atoms with Gasteiger partial charge in [0.1, 0.15) is 16.5 Å². The molecule has 1 saturated heterocycles. The van der Waals surface area contributed by atoms with E-state index < -0.39 is 34.5 Å². The zero-order valence-electron chi connectivity index (χ0n) is 11.0. The molecule has 2 amide bonds. The molecular weight excluding hydrogens is 313 g/mol. The topological polar surface area (TPSA) is 75.2 Å². The largest absolute Gasteiger partial charge is 0.451 e. The number of rotatable bonds is 1. The minimum absolute atomic E-state index is 0.240. The van der Waals surface area contributed by atoms with Crippen LogP contribution in [0, 0.1) is 0 Å². The van der Waals surface area contributed by atoms with E-state index >= 15 is 0 Å². The molecule has 114 valence electrons. The molecule has 6 nitrogen and oxygen atoms in total. The van der Waals surface area contributed by atoms with Gasteiger partial charge in [-0.3, -0.25) is 14.9 Å². The molecule has 0 radical (unpaired) electrons. The van der Waals surface area contributed by atoms with Gasteiger partial charge in [-0.15, -0.1) is 0 Å². The third-order valence-corrected chi connectivity index (χ3v) is 3.19. The number of hydrogen-bond acceptors (Lipinski definition) is 5. The molecule has 0 aliphatic carbocycles. The van der Waals surface area contributed by atoms with E-state index in [-0.39, 0.29) is 12.4 Å². The van der Waals surface area contributed by atoms with E-state index in [9.17, 15) is 22.8 Å². The second-order valence-electron chi connectivity index (χ2n) is 4.89. The van der Waals surface area contributed by atoms with Gasteiger partial charge in [0.15, 0.2) is 0 Å². The van der Waals surface area contributed by atoms with Gasteiger partial charge in [0, 0.05) is 6.07 Å². The molecule has 0 saturated carbocycles. The molecule has 2 heterocycles. The molecular formula is C11H10ClF3N4O2. The summed E-state index contributed by atoms with van der Waals surface area (Å²) in [4.78, 5) is 30.9. The molecule has 1 aromatic heterocycles. The van der Waals surface area contributed by atoms with E-state index in [4.69, 9.17) is 11.6 Å². The van der Waals surface area contributed by atoms with Crippen LogP contribution < -0.4 is 10.2 Å². The number of imide groups is 1. The number of halogens is 4. The lowest BCUT2D eigenvalue weighted by Crippen LogP contribution is -2.64. The number of piperazine rings is 1. The van der Waals surface area contributed by atoms with E-state index in [1.165, 1.54) is 13.8 Å². The number of hydrogen-bond donors (Lipinski definition) is 1. The molecule has 0 atom stereocenters. The zero-order chi connectivity index (χ0) is 16.0. The molecule has 0 spiro atoms. The Balaban J connectivity index is 2.52. The Kier molecular flexibility index (Phi) is 3.56. The number of nitrogens with one attached hydrogen (secondary N) is 1. The van der Waals surface area contributed by atoms with Gasteiger partial charge in [0.05, 0.1) is 6.54 Å². The summed E-state index contributed by atoms with van der Waals surface area (Å²) in [6, 6.07) is 1.07. The highest BCUT2D eigenvalue weighted by atomic mass is 35.5. The van der Waals surface area contributed by atoms with Crippen molar-refractivity contribution in [3.63, 3.8) is 0 Å². The second kappa shape index (κ2) is 4.83. The minimum atomic E-state index is -4.79. The molecule has 21 heavy (non-hydrogen) atoms. The Hall–Kier alpha value is -1.90. The third-order valence-electron chi connectivity index (χ3n) is 3.00. The smallest absolute Gasteiger partial charge is 0.333 e. The van der Waals surface area contributed by atoms with Crippen molar-refractivity contribution in [2.24, 2.45) is 0 Å². The van der Waals surface area contributed by atoms with Gasteiger partial charge < -0.3 is 4.90 Å². The SMILES string of the molecule is CC1(C)C(=O)NC(=O)CN1c1cc(Cl)nc(C(F)(F)F)n1. The standard InChI is InChI=1S/C11H10ClF3N4O2/c1-10(2)9(21)18-7(20)4-19(10)6-3-5(12)16-8(17-6)11(13,14)15/h3H,4H2,1-2H3,(H,18,20,21). The molecule has 2 rings (SSSR count). The monoisotopic (exact) mass is 322 g/mol. The first-order valence-corrected chi connectivity index (χ1v) is 6.13. The fourth-order valence-corrected chi connectivity index (χ4v) is 2.00. The van der Waals surface area contributed by atoms with Crippen LogP contribution in [-0.2, 0) is 15.8 Å². The predicted molar refractivity (Wildman–Crippen MR) is 66.6 cm³/mol. The van der Waals surface area contributed by atoms with Crippen LogP contribution >= 0.6 is 11.6 Å². The fraction of sp³-hybridized carbons (Fsp3) is 0.455. The van der Waals surface area contributed by atoms with E-state index in [1.807, 2.05) is 0 Å². The van der Waals surface area contributed by atoms with Crippen LogP contribution in [0.3, 0.4) is 0 Å². The van der Waals surface area contributed by atoms with Crippen molar-refractivity contribution >= 4 is 29.2 Å². The molecule has 1 fully saturated rings. The summed E-state index contributed by atoms with van der Waals surface area (Å²) in [6.07, 6.45) is -4.79. The Labute approximate surface area is 122 Å². The summed E-state index contributed by atoms with van der Waals surface area (Å²) >= 11 is 5.58. The summed E-state index contributed by atoms with van der Waals surface area (Å²) in [5.41, 5.74) is -1.26. The predicted octanol–water partition coefficient (Wildman–Crippen LogP) is 1.39. The first kappa shape index (κ1) is 15.5. The Bertz CT molecular complexity index is 618. The maximum atomic E-state index is 12.7. The first-order chi connectivity index (χ1) is 9.51. The van der Waals surface area contributed by atoms with E-state index in [2.05, 4.69) is 15.3 Å². The van der Waals surface area contributed by atoms with Crippen LogP contribution in [0.15, 0.2) is 6.07 Å². The minimum Gasteiger partial charge on any atom is -0.333 e. The van der Waals surface area contributed by atoms with Crippen LogP contribution in [-0.4, -0.2) is 33.9 Å². The van der Waals surface area contributed by atoms with Crippen molar-refractivity contribution in [2.75, 3.05) is 11.4 Å². The van der Waals surface area contributed by atoms with Crippen LogP contribution in [0.4, 0.5) is 19.0 Å². The lowest BCUT2D eigenvalue weighted by molar-refractivity contribution is -0.144. The van der Waals surface area contributed by atoms with Crippen LogP contribution in [0.25, 0.3) is 0 Å². The molecule has 0 aromatic carbocycles. The molecule has 1 aromatic rings. The summed E-state index contributed by atoms with van der Waals surface area (Å²) < 4.78 is 38.1. The summed E-state index contributed by atoms with van der Waals surface area (Å²) in [5.74, 6) is -2.94. The van der Waals surface area contributed by atoms with Crippen molar-refractivity contribution in [2.45, 2.75) is 25.6 Å². The van der Waals surface area contributed by atoms with Gasteiger partial charge >= 0.3 is 6.18 Å². The number of aromatic nitrogens is 2. The van der Waals surface area contributed by atoms with Crippen molar-refractivity contribution in [1.29, 1.82) is 0 Å². The molecule has 1 N–H and O–H groups in total. The summed E-state index contributed by atoms with van der Waals surface area (Å²) in [6.45, 7) is 2.60. The number of amides is 2. The molecule has 10 heteroatoms. The Morgan fingerprint density at radius 2 is 1.95 bits per heavy atom. The lowest BCUT2D eigenvalue weighted by Gasteiger charge is -2.40. The zero-order valence-corrected chi connectivity index (χ0v) is 11.7. The number of alkyl halides is 3. The number of anilines is 1. The van der Waals surface area contributed by atoms with E-state index in [1.54, 1.807) is 0 Å². The molecule has 1 aliphatic heterocycles. The van der Waals surface area contributed by atoms with Crippen molar-refractivity contribution in [3.8, 4) is 0 Å². The van der Waals surface area contributed by atoms with Gasteiger partial charge in [-0.2, -0.15) is 13.2 Å². The van der Waals surface area contributed by atoms with Gasteiger partial charge in [-0.25, -0.2) is 9.97 Å². The number of carbonyl (C=O) groups excluding carboxylic acids is 2. The quantitative estimate of drug-likeness (QED) is 0.624. The highest BCUT2D eigenvalue weighted by Crippen LogP contribution is 2.31. The summed E-state index contributed by atoms with van der Waals surface area (Å²) in [7, 11) is 0. The first-order valence-electron chi connectivity index (χ1n) is 5.75. The van der Waals surface area contributed by atoms with Crippen LogP contribution in [0.1, 0.15) is 19.7 Å². The average Bonchev–Trinajstić information content (AvgIpc) is 2.32. The highest BCUT2D eigenvalue weighted by Gasteiger charge is 2.43. The fourth-order valence-electron chi connectivity index (χ4n) is 1.82. The lowest BCUT2D eigenvalue weighted by atomic mass is 9.99. The Morgan fingerprint density at radius 3 is 2.52 bits per heavy atom.